The van der Waals surface area contributed by atoms with E-state index in [0.717, 1.165) is 0 Å². The predicted molar refractivity (Wildman–Crippen MR) is 64.0 cm³/mol. The van der Waals surface area contributed by atoms with Crippen molar-refractivity contribution < 1.29 is 0 Å². The van der Waals surface area contributed by atoms with Gasteiger partial charge < -0.3 is 10.7 Å². The molecule has 0 amide bonds. The number of aromatic amines is 1. The Morgan fingerprint density at radius 3 is 2.94 bits per heavy atom. The average Bonchev–Trinajstić information content (AvgIpc) is 2.76. The van der Waals surface area contributed by atoms with Gasteiger partial charge in [-0.15, -0.1) is 0 Å². The van der Waals surface area contributed by atoms with Crippen LogP contribution in [0.4, 0.5) is 0 Å². The van der Waals surface area contributed by atoms with Gasteiger partial charge >= 0.3 is 0 Å². The summed E-state index contributed by atoms with van der Waals surface area (Å²) in [5, 5.41) is 0. The molecule has 0 atom stereocenters. The molecular formula is C11H15N5O. The SMILES string of the molecule is CC(C)c1nc(-n2ccnc2CN)cc(=O)[nH]1. The van der Waals surface area contributed by atoms with E-state index in [9.17, 15) is 4.79 Å². The van der Waals surface area contributed by atoms with Crippen LogP contribution in [0.5, 0.6) is 0 Å². The smallest absolute Gasteiger partial charge is 0.253 e. The fourth-order valence-corrected chi connectivity index (χ4v) is 1.55. The van der Waals surface area contributed by atoms with E-state index in [2.05, 4.69) is 15.0 Å². The molecule has 0 aliphatic rings. The largest absolute Gasteiger partial charge is 0.324 e. The number of H-pyrrole nitrogens is 1. The first-order chi connectivity index (χ1) is 8.11. The highest BCUT2D eigenvalue weighted by Crippen LogP contribution is 2.10. The minimum absolute atomic E-state index is 0.160. The van der Waals surface area contributed by atoms with Crippen molar-refractivity contribution in [3.63, 3.8) is 0 Å². The number of nitrogens with two attached hydrogens (primary N) is 1. The van der Waals surface area contributed by atoms with Crippen LogP contribution >= 0.6 is 0 Å². The van der Waals surface area contributed by atoms with Crippen LogP contribution < -0.4 is 11.3 Å². The summed E-state index contributed by atoms with van der Waals surface area (Å²) in [6, 6.07) is 1.44. The zero-order valence-corrected chi connectivity index (χ0v) is 9.84. The van der Waals surface area contributed by atoms with E-state index in [4.69, 9.17) is 5.73 Å². The summed E-state index contributed by atoms with van der Waals surface area (Å²) in [6.45, 7) is 4.25. The first-order valence-corrected chi connectivity index (χ1v) is 5.45. The molecule has 2 aromatic rings. The first kappa shape index (κ1) is 11.5. The normalized spacial score (nSPS) is 11.1. The highest BCUT2D eigenvalue weighted by atomic mass is 16.1. The van der Waals surface area contributed by atoms with E-state index in [0.29, 0.717) is 24.0 Å². The molecule has 0 unspecified atom stereocenters. The summed E-state index contributed by atoms with van der Waals surface area (Å²) in [7, 11) is 0. The Labute approximate surface area is 98.5 Å². The highest BCUT2D eigenvalue weighted by molar-refractivity contribution is 5.24. The van der Waals surface area contributed by atoms with Crippen LogP contribution in [0.3, 0.4) is 0 Å². The summed E-state index contributed by atoms with van der Waals surface area (Å²) in [5.41, 5.74) is 5.40. The summed E-state index contributed by atoms with van der Waals surface area (Å²) >= 11 is 0. The second kappa shape index (κ2) is 4.50. The van der Waals surface area contributed by atoms with Crippen molar-refractivity contribution in [2.45, 2.75) is 26.3 Å². The van der Waals surface area contributed by atoms with E-state index in [1.54, 1.807) is 17.0 Å². The van der Waals surface area contributed by atoms with Crippen LogP contribution in [0.15, 0.2) is 23.3 Å². The standard InChI is InChI=1S/C11H15N5O/c1-7(2)11-14-8(5-10(17)15-11)16-4-3-13-9(16)6-12/h3-5,7H,6,12H2,1-2H3,(H,14,15,17). The Balaban J connectivity index is 2.56. The summed E-state index contributed by atoms with van der Waals surface area (Å²) in [6.07, 6.45) is 3.38. The van der Waals surface area contributed by atoms with Gasteiger partial charge in [-0.3, -0.25) is 9.36 Å². The fourth-order valence-electron chi connectivity index (χ4n) is 1.55. The van der Waals surface area contributed by atoms with Gasteiger partial charge in [-0.25, -0.2) is 9.97 Å². The van der Waals surface area contributed by atoms with Gasteiger partial charge in [-0.05, 0) is 0 Å². The van der Waals surface area contributed by atoms with Gasteiger partial charge in [-0.1, -0.05) is 13.8 Å². The number of rotatable bonds is 3. The Morgan fingerprint density at radius 1 is 1.53 bits per heavy atom. The molecule has 90 valence electrons. The molecule has 0 aliphatic heterocycles. The fraction of sp³-hybridized carbons (Fsp3) is 0.364. The first-order valence-electron chi connectivity index (χ1n) is 5.45. The molecule has 0 radical (unpaired) electrons. The second-order valence-electron chi connectivity index (χ2n) is 4.06. The lowest BCUT2D eigenvalue weighted by molar-refractivity contribution is 0.745. The molecule has 0 aromatic carbocycles. The summed E-state index contributed by atoms with van der Waals surface area (Å²) in [5.74, 6) is 2.05. The molecule has 3 N–H and O–H groups in total. The molecule has 6 nitrogen and oxygen atoms in total. The lowest BCUT2D eigenvalue weighted by Gasteiger charge is -2.08. The average molecular weight is 233 g/mol. The van der Waals surface area contributed by atoms with E-state index in [1.165, 1.54) is 6.07 Å². The van der Waals surface area contributed by atoms with Crippen molar-refractivity contribution in [3.05, 3.63) is 40.5 Å². The highest BCUT2D eigenvalue weighted by Gasteiger charge is 2.09. The zero-order chi connectivity index (χ0) is 12.4. The molecule has 0 spiro atoms. The van der Waals surface area contributed by atoms with E-state index >= 15 is 0 Å². The number of nitrogens with one attached hydrogen (secondary N) is 1. The quantitative estimate of drug-likeness (QED) is 0.809. The zero-order valence-electron chi connectivity index (χ0n) is 9.84. The van der Waals surface area contributed by atoms with Gasteiger partial charge in [0.05, 0.1) is 6.54 Å². The maximum Gasteiger partial charge on any atom is 0.253 e. The number of imidazole rings is 1. The Kier molecular flexibility index (Phi) is 3.06. The third kappa shape index (κ3) is 2.26. The monoisotopic (exact) mass is 233 g/mol. The maximum atomic E-state index is 11.5. The van der Waals surface area contributed by atoms with Crippen molar-refractivity contribution in [1.29, 1.82) is 0 Å². The number of aromatic nitrogens is 4. The minimum Gasteiger partial charge on any atom is -0.324 e. The Bertz CT molecular complexity index is 569. The topological polar surface area (TPSA) is 89.6 Å². The van der Waals surface area contributed by atoms with Crippen LogP contribution in [0.1, 0.15) is 31.4 Å². The number of hydrogen-bond acceptors (Lipinski definition) is 4. The van der Waals surface area contributed by atoms with E-state index in [-0.39, 0.29) is 11.5 Å². The van der Waals surface area contributed by atoms with Gasteiger partial charge in [-0.2, -0.15) is 0 Å². The maximum absolute atomic E-state index is 11.5. The van der Waals surface area contributed by atoms with Gasteiger partial charge in [0.25, 0.3) is 5.56 Å². The lowest BCUT2D eigenvalue weighted by atomic mass is 10.2. The van der Waals surface area contributed by atoms with Crippen molar-refractivity contribution in [1.82, 2.24) is 19.5 Å². The lowest BCUT2D eigenvalue weighted by Crippen LogP contribution is -2.16. The summed E-state index contributed by atoms with van der Waals surface area (Å²) in [4.78, 5) is 22.8. The van der Waals surface area contributed by atoms with Gasteiger partial charge in [0, 0.05) is 24.4 Å². The van der Waals surface area contributed by atoms with Crippen molar-refractivity contribution in [2.24, 2.45) is 5.73 Å². The molecule has 0 bridgehead atoms. The van der Waals surface area contributed by atoms with Gasteiger partial charge in [0.1, 0.15) is 17.5 Å². The third-order valence-corrected chi connectivity index (χ3v) is 2.44. The van der Waals surface area contributed by atoms with Crippen LogP contribution in [0.2, 0.25) is 0 Å². The number of nitrogens with zero attached hydrogens (tertiary/aromatic N) is 3. The molecule has 0 fully saturated rings. The molecule has 2 heterocycles. The predicted octanol–water partition coefficient (Wildman–Crippen LogP) is 0.538. The Hall–Kier alpha value is -1.95. The van der Waals surface area contributed by atoms with Crippen molar-refractivity contribution >= 4 is 0 Å². The molecule has 0 saturated heterocycles. The van der Waals surface area contributed by atoms with Crippen molar-refractivity contribution in [2.75, 3.05) is 0 Å². The molecule has 17 heavy (non-hydrogen) atoms. The number of hydrogen-bond donors (Lipinski definition) is 2. The van der Waals surface area contributed by atoms with Crippen LogP contribution in [0.25, 0.3) is 5.82 Å². The molecule has 0 saturated carbocycles. The molecular weight excluding hydrogens is 218 g/mol. The molecule has 2 rings (SSSR count). The van der Waals surface area contributed by atoms with Crippen LogP contribution in [-0.4, -0.2) is 19.5 Å². The second-order valence-corrected chi connectivity index (χ2v) is 4.06. The Morgan fingerprint density at radius 2 is 2.29 bits per heavy atom. The third-order valence-electron chi connectivity index (χ3n) is 2.44. The van der Waals surface area contributed by atoms with Crippen LogP contribution in [-0.2, 0) is 6.54 Å². The van der Waals surface area contributed by atoms with E-state index < -0.39 is 0 Å². The van der Waals surface area contributed by atoms with Crippen molar-refractivity contribution in [3.8, 4) is 5.82 Å². The summed E-state index contributed by atoms with van der Waals surface area (Å²) < 4.78 is 1.72. The van der Waals surface area contributed by atoms with E-state index in [1.807, 2.05) is 13.8 Å². The minimum atomic E-state index is -0.171. The molecule has 6 heteroatoms. The van der Waals surface area contributed by atoms with Crippen LogP contribution in [0, 0.1) is 0 Å². The molecule has 0 aliphatic carbocycles. The van der Waals surface area contributed by atoms with Gasteiger partial charge in [0.2, 0.25) is 0 Å². The molecule has 2 aromatic heterocycles. The van der Waals surface area contributed by atoms with Gasteiger partial charge in [0.15, 0.2) is 0 Å².